The smallest absolute Gasteiger partial charge is 0.255 e. The molecule has 27 heavy (non-hydrogen) atoms. The third kappa shape index (κ3) is 3.07. The Kier molecular flexibility index (Phi) is 4.19. The molecule has 0 amide bonds. The van der Waals surface area contributed by atoms with Crippen molar-refractivity contribution in [3.63, 3.8) is 0 Å². The van der Waals surface area contributed by atoms with E-state index in [1.165, 1.54) is 6.07 Å². The molecule has 4 rings (SSSR count). The van der Waals surface area contributed by atoms with Crippen molar-refractivity contribution in [2.45, 2.75) is 6.92 Å². The van der Waals surface area contributed by atoms with Crippen molar-refractivity contribution >= 4 is 0 Å². The molecule has 2 aromatic heterocycles. The molecule has 0 radical (unpaired) electrons. The van der Waals surface area contributed by atoms with Gasteiger partial charge in [0.25, 0.3) is 5.56 Å². The molecule has 2 heterocycles. The van der Waals surface area contributed by atoms with E-state index in [1.807, 2.05) is 55.5 Å². The van der Waals surface area contributed by atoms with Crippen LogP contribution in [0.25, 0.3) is 27.9 Å². The Morgan fingerprint density at radius 2 is 1.67 bits per heavy atom. The summed E-state index contributed by atoms with van der Waals surface area (Å²) in [6.07, 6.45) is 3.39. The van der Waals surface area contributed by atoms with Crippen LogP contribution >= 0.6 is 0 Å². The van der Waals surface area contributed by atoms with Crippen LogP contribution in [0.15, 0.2) is 88.4 Å². The molecular formula is C23H16N2O2. The minimum Gasteiger partial charge on any atom is -0.469 e. The van der Waals surface area contributed by atoms with Crippen LogP contribution in [0.2, 0.25) is 0 Å². The largest absolute Gasteiger partial charge is 0.469 e. The van der Waals surface area contributed by atoms with Crippen LogP contribution in [0.5, 0.6) is 0 Å². The van der Waals surface area contributed by atoms with Gasteiger partial charge in [-0.05, 0) is 60.0 Å². The molecule has 0 aliphatic rings. The van der Waals surface area contributed by atoms with E-state index in [-0.39, 0.29) is 5.56 Å². The summed E-state index contributed by atoms with van der Waals surface area (Å²) in [5.41, 5.74) is 4.79. The molecule has 0 saturated heterocycles. The lowest BCUT2D eigenvalue weighted by Gasteiger charge is -2.12. The Morgan fingerprint density at radius 3 is 2.37 bits per heavy atom. The first-order valence-electron chi connectivity index (χ1n) is 8.54. The molecule has 4 heteroatoms. The second-order valence-corrected chi connectivity index (χ2v) is 6.23. The molecule has 0 atom stereocenters. The number of nitriles is 1. The molecule has 4 nitrogen and oxygen atoms in total. The number of pyridine rings is 1. The minimum absolute atomic E-state index is 0.113. The van der Waals surface area contributed by atoms with E-state index >= 15 is 0 Å². The van der Waals surface area contributed by atoms with E-state index in [2.05, 4.69) is 6.07 Å². The zero-order chi connectivity index (χ0) is 18.8. The monoisotopic (exact) mass is 352 g/mol. The summed E-state index contributed by atoms with van der Waals surface area (Å²) >= 11 is 0. The normalized spacial score (nSPS) is 10.5. The van der Waals surface area contributed by atoms with Gasteiger partial charge in [0.1, 0.15) is 5.76 Å². The van der Waals surface area contributed by atoms with Gasteiger partial charge >= 0.3 is 0 Å². The number of benzene rings is 2. The van der Waals surface area contributed by atoms with Gasteiger partial charge in [0, 0.05) is 23.5 Å². The van der Waals surface area contributed by atoms with Gasteiger partial charge in [-0.25, -0.2) is 0 Å². The van der Waals surface area contributed by atoms with Gasteiger partial charge in [0.05, 0.1) is 17.9 Å². The molecule has 0 aliphatic carbocycles. The zero-order valence-electron chi connectivity index (χ0n) is 14.7. The maximum Gasteiger partial charge on any atom is 0.255 e. The van der Waals surface area contributed by atoms with Gasteiger partial charge in [0.15, 0.2) is 0 Å². The summed E-state index contributed by atoms with van der Waals surface area (Å²) in [6.45, 7) is 1.90. The van der Waals surface area contributed by atoms with Crippen LogP contribution in [0.1, 0.15) is 11.3 Å². The first kappa shape index (κ1) is 16.6. The van der Waals surface area contributed by atoms with Crippen molar-refractivity contribution in [3.05, 3.63) is 101 Å². The Hall–Kier alpha value is -3.84. The average Bonchev–Trinajstić information content (AvgIpc) is 3.14. The Bertz CT molecular complexity index is 1230. The van der Waals surface area contributed by atoms with Crippen LogP contribution in [-0.2, 0) is 0 Å². The lowest BCUT2D eigenvalue weighted by molar-refractivity contribution is 0.535. The van der Waals surface area contributed by atoms with Crippen LogP contribution in [0.4, 0.5) is 0 Å². The van der Waals surface area contributed by atoms with Crippen molar-refractivity contribution in [2.75, 3.05) is 0 Å². The van der Waals surface area contributed by atoms with Crippen LogP contribution in [-0.4, -0.2) is 4.57 Å². The number of aryl methyl sites for hydroxylation is 1. The van der Waals surface area contributed by atoms with Crippen LogP contribution in [0, 0.1) is 18.3 Å². The number of hydrogen-bond donors (Lipinski definition) is 0. The standard InChI is InChI=1S/C23H16N2O2/c1-16-21(9-11-27-16)18-12-19(22-7-3-2-6-17(22)15-24)14-20(13-18)25-10-5-4-8-23(25)26/h2-14H,1H3. The molecule has 4 aromatic rings. The highest BCUT2D eigenvalue weighted by Gasteiger charge is 2.12. The third-order valence-corrected chi connectivity index (χ3v) is 4.55. The second kappa shape index (κ2) is 6.81. The number of aromatic nitrogens is 1. The number of furan rings is 1. The summed E-state index contributed by atoms with van der Waals surface area (Å²) < 4.78 is 7.05. The predicted octanol–water partition coefficient (Wildman–Crippen LogP) is 4.94. The predicted molar refractivity (Wildman–Crippen MR) is 105 cm³/mol. The highest BCUT2D eigenvalue weighted by Crippen LogP contribution is 2.32. The van der Waals surface area contributed by atoms with Gasteiger partial charge < -0.3 is 4.42 Å². The van der Waals surface area contributed by atoms with Gasteiger partial charge in [-0.2, -0.15) is 5.26 Å². The molecule has 0 unspecified atom stereocenters. The maximum absolute atomic E-state index is 12.3. The number of nitrogens with zero attached hydrogens (tertiary/aromatic N) is 2. The van der Waals surface area contributed by atoms with Crippen molar-refractivity contribution in [1.29, 1.82) is 5.26 Å². The van der Waals surface area contributed by atoms with E-state index in [0.29, 0.717) is 5.56 Å². The highest BCUT2D eigenvalue weighted by atomic mass is 16.3. The quantitative estimate of drug-likeness (QED) is 0.524. The lowest BCUT2D eigenvalue weighted by atomic mass is 9.95. The SMILES string of the molecule is Cc1occc1-c1cc(-c2ccccc2C#N)cc(-n2ccccc2=O)c1. The second-order valence-electron chi connectivity index (χ2n) is 6.23. The van der Waals surface area contributed by atoms with Crippen LogP contribution in [0.3, 0.4) is 0 Å². The number of hydrogen-bond acceptors (Lipinski definition) is 3. The fourth-order valence-electron chi connectivity index (χ4n) is 3.22. The van der Waals surface area contributed by atoms with Gasteiger partial charge in [-0.3, -0.25) is 9.36 Å². The molecule has 2 aromatic carbocycles. The molecule has 0 spiro atoms. The summed E-state index contributed by atoms with van der Waals surface area (Å²) in [4.78, 5) is 12.3. The van der Waals surface area contributed by atoms with Crippen molar-refractivity contribution in [1.82, 2.24) is 4.57 Å². The molecule has 0 saturated carbocycles. The summed E-state index contributed by atoms with van der Waals surface area (Å²) in [5, 5.41) is 9.49. The third-order valence-electron chi connectivity index (χ3n) is 4.55. The zero-order valence-corrected chi connectivity index (χ0v) is 14.7. The van der Waals surface area contributed by atoms with E-state index < -0.39 is 0 Å². The maximum atomic E-state index is 12.3. The van der Waals surface area contributed by atoms with Crippen molar-refractivity contribution in [2.24, 2.45) is 0 Å². The lowest BCUT2D eigenvalue weighted by Crippen LogP contribution is -2.15. The minimum atomic E-state index is -0.113. The molecule has 0 bridgehead atoms. The fraction of sp³-hybridized carbons (Fsp3) is 0.0435. The van der Waals surface area contributed by atoms with E-state index in [1.54, 1.807) is 29.2 Å². The van der Waals surface area contributed by atoms with E-state index in [0.717, 1.165) is 33.7 Å². The summed E-state index contributed by atoms with van der Waals surface area (Å²) in [7, 11) is 0. The Morgan fingerprint density at radius 1 is 0.926 bits per heavy atom. The Balaban J connectivity index is 2.01. The molecule has 0 N–H and O–H groups in total. The van der Waals surface area contributed by atoms with E-state index in [4.69, 9.17) is 4.42 Å². The van der Waals surface area contributed by atoms with Gasteiger partial charge in [-0.15, -0.1) is 0 Å². The topological polar surface area (TPSA) is 58.9 Å². The summed E-state index contributed by atoms with van der Waals surface area (Å²) in [6, 6.07) is 22.6. The van der Waals surface area contributed by atoms with Crippen molar-refractivity contribution < 1.29 is 4.42 Å². The molecular weight excluding hydrogens is 336 g/mol. The average molecular weight is 352 g/mol. The first-order valence-corrected chi connectivity index (χ1v) is 8.54. The number of rotatable bonds is 3. The van der Waals surface area contributed by atoms with Crippen LogP contribution < -0.4 is 5.56 Å². The highest BCUT2D eigenvalue weighted by molar-refractivity contribution is 5.79. The molecule has 0 fully saturated rings. The fourth-order valence-corrected chi connectivity index (χ4v) is 3.22. The first-order chi connectivity index (χ1) is 13.2. The molecule has 130 valence electrons. The van der Waals surface area contributed by atoms with Crippen molar-refractivity contribution in [3.8, 4) is 34.0 Å². The molecule has 0 aliphatic heterocycles. The van der Waals surface area contributed by atoms with Gasteiger partial charge in [0.2, 0.25) is 0 Å². The van der Waals surface area contributed by atoms with Gasteiger partial charge in [-0.1, -0.05) is 24.3 Å². The van der Waals surface area contributed by atoms with E-state index in [9.17, 15) is 10.1 Å². The Labute approximate surface area is 156 Å². The summed E-state index contributed by atoms with van der Waals surface area (Å²) in [5.74, 6) is 0.798.